The van der Waals surface area contributed by atoms with Crippen molar-refractivity contribution < 1.29 is 4.79 Å². The van der Waals surface area contributed by atoms with Gasteiger partial charge in [0.15, 0.2) is 0 Å². The standard InChI is InChI=1S/C10H18O/c1-3-4-5-7-10(2)8-6-9-11/h8-9H,3-7H2,1-2H3/b10-8+. The Balaban J connectivity index is 3.34. The third kappa shape index (κ3) is 7.31. The van der Waals surface area contributed by atoms with Gasteiger partial charge in [0.2, 0.25) is 0 Å². The fourth-order valence-corrected chi connectivity index (χ4v) is 1.01. The second-order valence-electron chi connectivity index (χ2n) is 2.91. The van der Waals surface area contributed by atoms with Gasteiger partial charge in [-0.05, 0) is 19.8 Å². The van der Waals surface area contributed by atoms with E-state index in [1.54, 1.807) is 0 Å². The third-order valence-corrected chi connectivity index (χ3v) is 1.74. The summed E-state index contributed by atoms with van der Waals surface area (Å²) in [7, 11) is 0. The summed E-state index contributed by atoms with van der Waals surface area (Å²) in [6.07, 6.45) is 8.52. The van der Waals surface area contributed by atoms with E-state index in [1.165, 1.54) is 24.8 Å². The van der Waals surface area contributed by atoms with Crippen LogP contribution in [0.15, 0.2) is 11.6 Å². The Morgan fingerprint density at radius 2 is 2.09 bits per heavy atom. The number of hydrogen-bond acceptors (Lipinski definition) is 1. The van der Waals surface area contributed by atoms with Crippen LogP contribution in [-0.4, -0.2) is 6.29 Å². The molecule has 0 atom stereocenters. The highest BCUT2D eigenvalue weighted by Crippen LogP contribution is 2.07. The summed E-state index contributed by atoms with van der Waals surface area (Å²) in [5.41, 5.74) is 1.35. The van der Waals surface area contributed by atoms with Crippen LogP contribution in [0.2, 0.25) is 0 Å². The number of carbonyl (C=O) groups is 1. The highest BCUT2D eigenvalue weighted by molar-refractivity contribution is 5.52. The second-order valence-corrected chi connectivity index (χ2v) is 2.91. The van der Waals surface area contributed by atoms with Crippen molar-refractivity contribution in [3.05, 3.63) is 11.6 Å². The lowest BCUT2D eigenvalue weighted by Crippen LogP contribution is -1.79. The van der Waals surface area contributed by atoms with Crippen LogP contribution in [0.1, 0.15) is 46.0 Å². The van der Waals surface area contributed by atoms with Gasteiger partial charge in [-0.2, -0.15) is 0 Å². The average molecular weight is 154 g/mol. The molecule has 0 radical (unpaired) electrons. The SMILES string of the molecule is CCCCC/C(C)=C/CC=O. The molecule has 1 nitrogen and oxygen atoms in total. The maximum absolute atomic E-state index is 9.99. The molecule has 0 unspecified atom stereocenters. The monoisotopic (exact) mass is 154 g/mol. The van der Waals surface area contributed by atoms with Crippen molar-refractivity contribution in [2.75, 3.05) is 0 Å². The van der Waals surface area contributed by atoms with E-state index in [2.05, 4.69) is 13.8 Å². The smallest absolute Gasteiger partial charge is 0.123 e. The molecule has 64 valence electrons. The van der Waals surface area contributed by atoms with Crippen LogP contribution < -0.4 is 0 Å². The number of aldehydes is 1. The van der Waals surface area contributed by atoms with Gasteiger partial charge < -0.3 is 4.79 Å². The molecule has 0 amide bonds. The summed E-state index contributed by atoms with van der Waals surface area (Å²) in [6.45, 7) is 4.30. The first kappa shape index (κ1) is 10.4. The molecular formula is C10H18O. The molecule has 0 aliphatic heterocycles. The van der Waals surface area contributed by atoms with Crippen molar-refractivity contribution in [1.29, 1.82) is 0 Å². The predicted octanol–water partition coefficient (Wildman–Crippen LogP) is 3.10. The number of rotatable bonds is 6. The Morgan fingerprint density at radius 1 is 1.36 bits per heavy atom. The molecule has 0 aliphatic rings. The highest BCUT2D eigenvalue weighted by Gasteiger charge is 1.88. The molecule has 1 heteroatoms. The normalized spacial score (nSPS) is 11.6. The molecular weight excluding hydrogens is 136 g/mol. The van der Waals surface area contributed by atoms with E-state index in [0.29, 0.717) is 6.42 Å². The van der Waals surface area contributed by atoms with Crippen LogP contribution in [0.5, 0.6) is 0 Å². The van der Waals surface area contributed by atoms with Gasteiger partial charge in [0.1, 0.15) is 6.29 Å². The second kappa shape index (κ2) is 7.52. The molecule has 0 rings (SSSR count). The van der Waals surface area contributed by atoms with Gasteiger partial charge in [-0.15, -0.1) is 0 Å². The first-order valence-corrected chi connectivity index (χ1v) is 4.40. The lowest BCUT2D eigenvalue weighted by Gasteiger charge is -1.98. The van der Waals surface area contributed by atoms with Gasteiger partial charge in [0, 0.05) is 6.42 Å². The van der Waals surface area contributed by atoms with E-state index in [0.717, 1.165) is 12.7 Å². The maximum atomic E-state index is 9.99. The first-order valence-electron chi connectivity index (χ1n) is 4.40. The number of allylic oxidation sites excluding steroid dienone is 2. The van der Waals surface area contributed by atoms with Gasteiger partial charge in [-0.3, -0.25) is 0 Å². The van der Waals surface area contributed by atoms with E-state index < -0.39 is 0 Å². The van der Waals surface area contributed by atoms with Crippen LogP contribution in [-0.2, 0) is 4.79 Å². The van der Waals surface area contributed by atoms with Crippen LogP contribution in [0.25, 0.3) is 0 Å². The Bertz CT molecular complexity index is 125. The molecule has 0 aromatic rings. The summed E-state index contributed by atoms with van der Waals surface area (Å²) in [5, 5.41) is 0. The van der Waals surface area contributed by atoms with Crippen LogP contribution in [0.3, 0.4) is 0 Å². The van der Waals surface area contributed by atoms with Crippen molar-refractivity contribution >= 4 is 6.29 Å². The Morgan fingerprint density at radius 3 is 2.64 bits per heavy atom. The number of carbonyl (C=O) groups excluding carboxylic acids is 1. The van der Waals surface area contributed by atoms with Crippen LogP contribution in [0.4, 0.5) is 0 Å². The Labute approximate surface area is 69.5 Å². The molecule has 0 aromatic carbocycles. The van der Waals surface area contributed by atoms with Crippen LogP contribution in [0, 0.1) is 0 Å². The van der Waals surface area contributed by atoms with Gasteiger partial charge in [0.05, 0.1) is 0 Å². The molecule has 0 spiro atoms. The summed E-state index contributed by atoms with van der Waals surface area (Å²) >= 11 is 0. The summed E-state index contributed by atoms with van der Waals surface area (Å²) in [6, 6.07) is 0. The van der Waals surface area contributed by atoms with E-state index in [4.69, 9.17) is 0 Å². The van der Waals surface area contributed by atoms with E-state index in [1.807, 2.05) is 6.08 Å². The molecule has 0 saturated heterocycles. The summed E-state index contributed by atoms with van der Waals surface area (Å²) < 4.78 is 0. The zero-order chi connectivity index (χ0) is 8.53. The summed E-state index contributed by atoms with van der Waals surface area (Å²) in [4.78, 5) is 9.99. The Kier molecular flexibility index (Phi) is 7.11. The quantitative estimate of drug-likeness (QED) is 0.326. The lowest BCUT2D eigenvalue weighted by molar-refractivity contribution is -0.107. The molecule has 0 aromatic heterocycles. The minimum Gasteiger partial charge on any atom is -0.303 e. The third-order valence-electron chi connectivity index (χ3n) is 1.74. The molecule has 0 heterocycles. The van der Waals surface area contributed by atoms with Gasteiger partial charge in [0.25, 0.3) is 0 Å². The Hall–Kier alpha value is -0.590. The largest absolute Gasteiger partial charge is 0.303 e. The lowest BCUT2D eigenvalue weighted by atomic mass is 10.1. The highest BCUT2D eigenvalue weighted by atomic mass is 16.1. The molecule has 11 heavy (non-hydrogen) atoms. The topological polar surface area (TPSA) is 17.1 Å². The molecule has 0 saturated carbocycles. The van der Waals surface area contributed by atoms with Crippen molar-refractivity contribution in [2.24, 2.45) is 0 Å². The van der Waals surface area contributed by atoms with Gasteiger partial charge in [-0.1, -0.05) is 31.4 Å². The fourth-order valence-electron chi connectivity index (χ4n) is 1.01. The van der Waals surface area contributed by atoms with Crippen molar-refractivity contribution in [3.8, 4) is 0 Å². The molecule has 0 fully saturated rings. The molecule has 0 N–H and O–H groups in total. The van der Waals surface area contributed by atoms with Crippen molar-refractivity contribution in [2.45, 2.75) is 46.0 Å². The molecule has 0 aliphatic carbocycles. The van der Waals surface area contributed by atoms with Gasteiger partial charge >= 0.3 is 0 Å². The fraction of sp³-hybridized carbons (Fsp3) is 0.700. The minimum absolute atomic E-state index is 0.581. The van der Waals surface area contributed by atoms with E-state index in [9.17, 15) is 4.79 Å². The number of hydrogen-bond donors (Lipinski definition) is 0. The summed E-state index contributed by atoms with van der Waals surface area (Å²) in [5.74, 6) is 0. The zero-order valence-corrected chi connectivity index (χ0v) is 7.60. The van der Waals surface area contributed by atoms with E-state index in [-0.39, 0.29) is 0 Å². The maximum Gasteiger partial charge on any atom is 0.123 e. The van der Waals surface area contributed by atoms with Crippen molar-refractivity contribution in [3.63, 3.8) is 0 Å². The average Bonchev–Trinajstić information content (AvgIpc) is 2.01. The first-order chi connectivity index (χ1) is 5.31. The number of unbranched alkanes of at least 4 members (excludes halogenated alkanes) is 2. The minimum atomic E-state index is 0.581. The van der Waals surface area contributed by atoms with Gasteiger partial charge in [-0.25, -0.2) is 0 Å². The van der Waals surface area contributed by atoms with Crippen LogP contribution >= 0.6 is 0 Å². The van der Waals surface area contributed by atoms with Crippen molar-refractivity contribution in [1.82, 2.24) is 0 Å². The molecule has 0 bridgehead atoms. The predicted molar refractivity (Wildman–Crippen MR) is 48.6 cm³/mol. The van der Waals surface area contributed by atoms with E-state index >= 15 is 0 Å². The zero-order valence-electron chi connectivity index (χ0n) is 7.60.